The highest BCUT2D eigenvalue weighted by atomic mass is 35.5. The van der Waals surface area contributed by atoms with E-state index in [1.165, 1.54) is 0 Å². The maximum absolute atomic E-state index is 12.7. The molecule has 0 saturated carbocycles. The van der Waals surface area contributed by atoms with Crippen LogP contribution in [0.1, 0.15) is 38.3 Å². The van der Waals surface area contributed by atoms with Gasteiger partial charge in [0.15, 0.2) is 0 Å². The van der Waals surface area contributed by atoms with Crippen molar-refractivity contribution in [1.82, 2.24) is 9.80 Å². The highest BCUT2D eigenvalue weighted by Gasteiger charge is 2.32. The standard InChI is InChI=1S/C18H25ClN2O2/c1-13-10-21(11-14(2)23-13)18(22)12-20-9-5-8-17(20)15-6-3-4-7-16(15)19/h3-4,6-7,13-14,17H,5,8-12H2,1-2H3. The van der Waals surface area contributed by atoms with Gasteiger partial charge in [-0.3, -0.25) is 9.69 Å². The predicted molar refractivity (Wildman–Crippen MR) is 91.6 cm³/mol. The zero-order valence-electron chi connectivity index (χ0n) is 13.9. The second kappa shape index (κ2) is 7.20. The van der Waals surface area contributed by atoms with Gasteiger partial charge >= 0.3 is 0 Å². The van der Waals surface area contributed by atoms with Crippen molar-refractivity contribution in [2.24, 2.45) is 0 Å². The van der Waals surface area contributed by atoms with Crippen LogP contribution < -0.4 is 0 Å². The molecule has 4 nitrogen and oxygen atoms in total. The van der Waals surface area contributed by atoms with Gasteiger partial charge in [-0.15, -0.1) is 0 Å². The van der Waals surface area contributed by atoms with Gasteiger partial charge in [-0.25, -0.2) is 0 Å². The van der Waals surface area contributed by atoms with E-state index in [1.54, 1.807) is 0 Å². The minimum absolute atomic E-state index is 0.112. The van der Waals surface area contributed by atoms with Gasteiger partial charge in [-0.05, 0) is 44.9 Å². The van der Waals surface area contributed by atoms with Crippen molar-refractivity contribution < 1.29 is 9.53 Å². The largest absolute Gasteiger partial charge is 0.372 e. The SMILES string of the molecule is CC1CN(C(=O)CN2CCCC2c2ccccc2Cl)CC(C)O1. The molecule has 0 aromatic heterocycles. The number of morpholine rings is 1. The minimum atomic E-state index is 0.112. The lowest BCUT2D eigenvalue weighted by Gasteiger charge is -2.36. The molecule has 3 rings (SSSR count). The third-order valence-electron chi connectivity index (χ3n) is 4.74. The Morgan fingerprint density at radius 1 is 1.26 bits per heavy atom. The Balaban J connectivity index is 1.67. The first-order chi connectivity index (χ1) is 11.0. The van der Waals surface area contributed by atoms with Gasteiger partial charge in [0.25, 0.3) is 0 Å². The summed E-state index contributed by atoms with van der Waals surface area (Å²) in [6.07, 6.45) is 2.40. The molecule has 1 aromatic rings. The molecule has 126 valence electrons. The average Bonchev–Trinajstić information content (AvgIpc) is 2.94. The van der Waals surface area contributed by atoms with E-state index in [-0.39, 0.29) is 24.2 Å². The van der Waals surface area contributed by atoms with Crippen LogP contribution in [0.2, 0.25) is 5.02 Å². The second-order valence-electron chi connectivity index (χ2n) is 6.71. The number of carbonyl (C=O) groups excluding carboxylic acids is 1. The molecule has 2 aliphatic heterocycles. The molecule has 1 amide bonds. The first kappa shape index (κ1) is 16.7. The number of hydrogen-bond acceptors (Lipinski definition) is 3. The molecule has 3 atom stereocenters. The van der Waals surface area contributed by atoms with Crippen LogP contribution in [-0.2, 0) is 9.53 Å². The van der Waals surface area contributed by atoms with Crippen molar-refractivity contribution in [3.63, 3.8) is 0 Å². The Bertz CT molecular complexity index is 556. The van der Waals surface area contributed by atoms with E-state index in [1.807, 2.05) is 36.9 Å². The molecule has 0 N–H and O–H groups in total. The Labute approximate surface area is 143 Å². The number of nitrogens with zero attached hydrogens (tertiary/aromatic N) is 2. The highest BCUT2D eigenvalue weighted by molar-refractivity contribution is 6.31. The van der Waals surface area contributed by atoms with Gasteiger partial charge in [-0.1, -0.05) is 29.8 Å². The number of rotatable bonds is 3. The van der Waals surface area contributed by atoms with Crippen molar-refractivity contribution in [1.29, 1.82) is 0 Å². The summed E-state index contributed by atoms with van der Waals surface area (Å²) in [6.45, 7) is 6.85. The number of ether oxygens (including phenoxy) is 1. The Hall–Kier alpha value is -1.10. The van der Waals surface area contributed by atoms with Crippen LogP contribution in [-0.4, -0.2) is 54.1 Å². The maximum Gasteiger partial charge on any atom is 0.236 e. The van der Waals surface area contributed by atoms with Crippen LogP contribution in [0.15, 0.2) is 24.3 Å². The molecule has 2 fully saturated rings. The Morgan fingerprint density at radius 2 is 1.96 bits per heavy atom. The zero-order valence-corrected chi connectivity index (χ0v) is 14.6. The molecule has 0 radical (unpaired) electrons. The summed E-state index contributed by atoms with van der Waals surface area (Å²) >= 11 is 6.35. The molecule has 0 bridgehead atoms. The number of benzene rings is 1. The lowest BCUT2D eigenvalue weighted by atomic mass is 10.0. The fourth-order valence-electron chi connectivity index (χ4n) is 3.77. The van der Waals surface area contributed by atoms with E-state index < -0.39 is 0 Å². The van der Waals surface area contributed by atoms with Crippen LogP contribution in [0.25, 0.3) is 0 Å². The third kappa shape index (κ3) is 3.87. The molecule has 0 spiro atoms. The van der Waals surface area contributed by atoms with Gasteiger partial charge in [0.2, 0.25) is 5.91 Å². The predicted octanol–water partition coefficient (Wildman–Crippen LogP) is 3.11. The highest BCUT2D eigenvalue weighted by Crippen LogP contribution is 2.35. The van der Waals surface area contributed by atoms with Crippen LogP contribution in [0.5, 0.6) is 0 Å². The first-order valence-electron chi connectivity index (χ1n) is 8.46. The van der Waals surface area contributed by atoms with E-state index in [4.69, 9.17) is 16.3 Å². The van der Waals surface area contributed by atoms with E-state index in [9.17, 15) is 4.79 Å². The molecule has 3 unspecified atom stereocenters. The smallest absolute Gasteiger partial charge is 0.236 e. The van der Waals surface area contributed by atoms with E-state index >= 15 is 0 Å². The van der Waals surface area contributed by atoms with Crippen molar-refractivity contribution in [2.75, 3.05) is 26.2 Å². The van der Waals surface area contributed by atoms with Crippen LogP contribution in [0.4, 0.5) is 0 Å². The topological polar surface area (TPSA) is 32.8 Å². The molecular weight excluding hydrogens is 312 g/mol. The van der Waals surface area contributed by atoms with Crippen molar-refractivity contribution >= 4 is 17.5 Å². The molecule has 2 saturated heterocycles. The average molecular weight is 337 g/mol. The molecular formula is C18H25ClN2O2. The number of amides is 1. The molecule has 5 heteroatoms. The van der Waals surface area contributed by atoms with Gasteiger partial charge in [0.05, 0.1) is 18.8 Å². The molecule has 1 aromatic carbocycles. The first-order valence-corrected chi connectivity index (χ1v) is 8.84. The van der Waals surface area contributed by atoms with Crippen LogP contribution in [0.3, 0.4) is 0 Å². The van der Waals surface area contributed by atoms with Gasteiger partial charge < -0.3 is 9.64 Å². The van der Waals surface area contributed by atoms with Crippen molar-refractivity contribution in [2.45, 2.75) is 44.9 Å². The summed E-state index contributed by atoms with van der Waals surface area (Å²) in [5.41, 5.74) is 1.14. The van der Waals surface area contributed by atoms with Crippen molar-refractivity contribution in [3.05, 3.63) is 34.9 Å². The van der Waals surface area contributed by atoms with E-state index in [0.29, 0.717) is 19.6 Å². The van der Waals surface area contributed by atoms with Gasteiger partial charge in [0.1, 0.15) is 0 Å². The summed E-state index contributed by atoms with van der Waals surface area (Å²) in [5, 5.41) is 0.797. The summed E-state index contributed by atoms with van der Waals surface area (Å²) in [7, 11) is 0. The summed E-state index contributed by atoms with van der Waals surface area (Å²) in [4.78, 5) is 16.9. The molecule has 2 aliphatic rings. The number of hydrogen-bond donors (Lipinski definition) is 0. The minimum Gasteiger partial charge on any atom is -0.372 e. The van der Waals surface area contributed by atoms with Crippen LogP contribution in [0, 0.1) is 0 Å². The number of carbonyl (C=O) groups is 1. The van der Waals surface area contributed by atoms with E-state index in [0.717, 1.165) is 30.0 Å². The Morgan fingerprint density at radius 3 is 2.65 bits per heavy atom. The zero-order chi connectivity index (χ0) is 16.4. The monoisotopic (exact) mass is 336 g/mol. The fourth-order valence-corrected chi connectivity index (χ4v) is 4.03. The normalized spacial score (nSPS) is 29.0. The van der Waals surface area contributed by atoms with E-state index in [2.05, 4.69) is 11.0 Å². The van der Waals surface area contributed by atoms with Crippen molar-refractivity contribution in [3.8, 4) is 0 Å². The lowest BCUT2D eigenvalue weighted by Crippen LogP contribution is -2.51. The quantitative estimate of drug-likeness (QED) is 0.850. The molecule has 23 heavy (non-hydrogen) atoms. The van der Waals surface area contributed by atoms with Gasteiger partial charge in [0, 0.05) is 24.2 Å². The summed E-state index contributed by atoms with van der Waals surface area (Å²) < 4.78 is 5.72. The van der Waals surface area contributed by atoms with Crippen LogP contribution >= 0.6 is 11.6 Å². The van der Waals surface area contributed by atoms with Gasteiger partial charge in [-0.2, -0.15) is 0 Å². The number of halogens is 1. The lowest BCUT2D eigenvalue weighted by molar-refractivity contribution is -0.144. The summed E-state index contributed by atoms with van der Waals surface area (Å²) in [6, 6.07) is 8.23. The second-order valence-corrected chi connectivity index (χ2v) is 7.11. The maximum atomic E-state index is 12.7. The summed E-state index contributed by atoms with van der Waals surface area (Å²) in [5.74, 6) is 0.200. The Kier molecular flexibility index (Phi) is 5.24. The molecule has 2 heterocycles. The third-order valence-corrected chi connectivity index (χ3v) is 5.08. The number of likely N-dealkylation sites (tertiary alicyclic amines) is 1. The molecule has 0 aliphatic carbocycles. The fraction of sp³-hybridized carbons (Fsp3) is 0.611.